The van der Waals surface area contributed by atoms with Crippen LogP contribution in [-0.2, 0) is 20.7 Å². The van der Waals surface area contributed by atoms with E-state index in [-0.39, 0.29) is 18.4 Å². The molecule has 1 aliphatic heterocycles. The summed E-state index contributed by atoms with van der Waals surface area (Å²) in [7, 11) is 1.69. The van der Waals surface area contributed by atoms with Crippen LogP contribution in [0.1, 0.15) is 17.2 Å². The second-order valence-electron chi connectivity index (χ2n) is 6.26. The highest BCUT2D eigenvalue weighted by molar-refractivity contribution is 6.30. The van der Waals surface area contributed by atoms with E-state index in [1.54, 1.807) is 24.1 Å². The van der Waals surface area contributed by atoms with Crippen molar-refractivity contribution in [3.63, 3.8) is 0 Å². The van der Waals surface area contributed by atoms with Crippen molar-refractivity contribution in [2.45, 2.75) is 18.6 Å². The van der Waals surface area contributed by atoms with Crippen molar-refractivity contribution < 1.29 is 14.3 Å². The van der Waals surface area contributed by atoms with Gasteiger partial charge in [-0.25, -0.2) is 0 Å². The summed E-state index contributed by atoms with van der Waals surface area (Å²) in [5.41, 5.74) is 1.96. The van der Waals surface area contributed by atoms with Gasteiger partial charge in [-0.3, -0.25) is 9.59 Å². The third-order valence-electron chi connectivity index (χ3n) is 4.51. The maximum Gasteiger partial charge on any atom is 0.251 e. The van der Waals surface area contributed by atoms with Crippen LogP contribution in [0.4, 0.5) is 0 Å². The van der Waals surface area contributed by atoms with Crippen LogP contribution in [0.15, 0.2) is 54.6 Å². The molecule has 0 aliphatic carbocycles. The molecule has 1 saturated heterocycles. The number of amides is 2. The number of hydrogen-bond acceptors (Lipinski definition) is 3. The zero-order valence-electron chi connectivity index (χ0n) is 14.5. The molecule has 5 nitrogen and oxygen atoms in total. The summed E-state index contributed by atoms with van der Waals surface area (Å²) < 4.78 is 5.59. The Balaban J connectivity index is 1.69. The van der Waals surface area contributed by atoms with Crippen LogP contribution < -0.4 is 5.32 Å². The number of hydrogen-bond donors (Lipinski definition) is 1. The Labute approximate surface area is 157 Å². The lowest BCUT2D eigenvalue weighted by atomic mass is 9.97. The molecule has 2 aromatic rings. The number of carbonyl (C=O) groups is 2. The molecule has 2 atom stereocenters. The molecule has 0 unspecified atom stereocenters. The summed E-state index contributed by atoms with van der Waals surface area (Å²) in [6, 6.07) is 16.6. The predicted molar refractivity (Wildman–Crippen MR) is 99.9 cm³/mol. The molecule has 2 aromatic carbocycles. The monoisotopic (exact) mass is 372 g/mol. The van der Waals surface area contributed by atoms with Crippen LogP contribution in [0.2, 0.25) is 5.02 Å². The fourth-order valence-corrected chi connectivity index (χ4v) is 3.19. The Kier molecular flexibility index (Phi) is 5.91. The summed E-state index contributed by atoms with van der Waals surface area (Å²) in [4.78, 5) is 26.3. The molecule has 1 heterocycles. The number of halogens is 1. The van der Waals surface area contributed by atoms with Crippen molar-refractivity contribution in [2.24, 2.45) is 0 Å². The largest absolute Gasteiger partial charge is 0.356 e. The highest BCUT2D eigenvalue weighted by Crippen LogP contribution is 2.30. The summed E-state index contributed by atoms with van der Waals surface area (Å²) in [6.07, 6.45) is -0.0192. The van der Waals surface area contributed by atoms with Crippen LogP contribution in [0, 0.1) is 0 Å². The van der Waals surface area contributed by atoms with Crippen molar-refractivity contribution >= 4 is 23.4 Å². The van der Waals surface area contributed by atoms with Gasteiger partial charge in [0.2, 0.25) is 5.91 Å². The van der Waals surface area contributed by atoms with Gasteiger partial charge in [-0.1, -0.05) is 54.1 Å². The molecule has 0 spiro atoms. The van der Waals surface area contributed by atoms with Gasteiger partial charge in [0.1, 0.15) is 6.61 Å². The fourth-order valence-electron chi connectivity index (χ4n) is 3.06. The molecule has 6 heteroatoms. The van der Waals surface area contributed by atoms with Gasteiger partial charge >= 0.3 is 0 Å². The number of likely N-dealkylation sites (N-methyl/N-ethyl adjacent to an activating group) is 1. The van der Waals surface area contributed by atoms with Crippen molar-refractivity contribution in [3.8, 4) is 0 Å². The number of rotatable bonds is 5. The zero-order chi connectivity index (χ0) is 18.5. The second-order valence-corrected chi connectivity index (χ2v) is 6.70. The van der Waals surface area contributed by atoms with E-state index in [1.165, 1.54) is 0 Å². The van der Waals surface area contributed by atoms with E-state index in [2.05, 4.69) is 5.32 Å². The summed E-state index contributed by atoms with van der Waals surface area (Å²) in [6.45, 7) is 0.408. The number of carbonyl (C=O) groups excluding carboxylic acids is 2. The average Bonchev–Trinajstić information content (AvgIpc) is 2.65. The topological polar surface area (TPSA) is 58.6 Å². The van der Waals surface area contributed by atoms with Crippen LogP contribution >= 0.6 is 11.6 Å². The van der Waals surface area contributed by atoms with Gasteiger partial charge in [-0.05, 0) is 29.7 Å². The lowest BCUT2D eigenvalue weighted by Crippen LogP contribution is -2.53. The molecule has 0 aromatic heterocycles. The molecule has 0 bridgehead atoms. The van der Waals surface area contributed by atoms with Crippen LogP contribution in [0.5, 0.6) is 0 Å². The van der Waals surface area contributed by atoms with Gasteiger partial charge in [0, 0.05) is 18.6 Å². The first-order valence-electron chi connectivity index (χ1n) is 8.50. The van der Waals surface area contributed by atoms with Gasteiger partial charge in [0.05, 0.1) is 6.04 Å². The average molecular weight is 373 g/mol. The molecule has 2 amide bonds. The van der Waals surface area contributed by atoms with Crippen LogP contribution in [0.25, 0.3) is 0 Å². The minimum Gasteiger partial charge on any atom is -0.356 e. The molecular formula is C20H21ClN2O3. The summed E-state index contributed by atoms with van der Waals surface area (Å²) in [5.74, 6) is -0.376. The smallest absolute Gasteiger partial charge is 0.251 e. The van der Waals surface area contributed by atoms with E-state index in [4.69, 9.17) is 16.3 Å². The third-order valence-corrected chi connectivity index (χ3v) is 4.76. The van der Waals surface area contributed by atoms with Crippen molar-refractivity contribution in [2.75, 3.05) is 20.2 Å². The number of ether oxygens (including phenoxy) is 1. The quantitative estimate of drug-likeness (QED) is 0.877. The van der Waals surface area contributed by atoms with Gasteiger partial charge < -0.3 is 15.0 Å². The third kappa shape index (κ3) is 4.23. The number of nitrogens with zero attached hydrogens (tertiary/aromatic N) is 1. The maximum atomic E-state index is 12.7. The summed E-state index contributed by atoms with van der Waals surface area (Å²) in [5, 5.41) is 3.52. The predicted octanol–water partition coefficient (Wildman–Crippen LogP) is 2.60. The SMILES string of the molecule is CN1C(=O)CO[C@@H](C(=O)NCCc2ccccc2)[C@@H]1c1ccc(Cl)cc1. The zero-order valence-corrected chi connectivity index (χ0v) is 15.3. The van der Waals surface area contributed by atoms with Gasteiger partial charge in [-0.15, -0.1) is 0 Å². The lowest BCUT2D eigenvalue weighted by Gasteiger charge is -2.38. The Bertz CT molecular complexity index is 764. The molecule has 0 saturated carbocycles. The summed E-state index contributed by atoms with van der Waals surface area (Å²) >= 11 is 5.95. The maximum absolute atomic E-state index is 12.7. The first-order chi connectivity index (χ1) is 12.6. The second kappa shape index (κ2) is 8.34. The molecule has 136 valence electrons. The van der Waals surface area contributed by atoms with Gasteiger partial charge in [0.25, 0.3) is 5.91 Å². The minimum absolute atomic E-state index is 0.0998. The van der Waals surface area contributed by atoms with E-state index in [9.17, 15) is 9.59 Å². The van der Waals surface area contributed by atoms with Crippen LogP contribution in [0.3, 0.4) is 0 Å². The molecule has 3 rings (SSSR count). The first-order valence-corrected chi connectivity index (χ1v) is 8.88. The van der Waals surface area contributed by atoms with E-state index in [0.29, 0.717) is 11.6 Å². The first kappa shape index (κ1) is 18.4. The van der Waals surface area contributed by atoms with Crippen molar-refractivity contribution in [1.82, 2.24) is 10.2 Å². The molecule has 0 radical (unpaired) electrons. The number of morpholine rings is 1. The standard InChI is InChI=1S/C20H21ClN2O3/c1-23-17(24)13-26-19(18(23)15-7-9-16(21)10-8-15)20(25)22-12-11-14-5-3-2-4-6-14/h2-10,18-19H,11-13H2,1H3,(H,22,25)/t18-,19+/m0/s1. The van der Waals surface area contributed by atoms with Gasteiger partial charge in [-0.2, -0.15) is 0 Å². The highest BCUT2D eigenvalue weighted by Gasteiger charge is 2.39. The molecule has 26 heavy (non-hydrogen) atoms. The number of nitrogens with one attached hydrogen (secondary N) is 1. The van der Waals surface area contributed by atoms with Crippen molar-refractivity contribution in [3.05, 3.63) is 70.7 Å². The number of benzene rings is 2. The Hall–Kier alpha value is -2.37. The normalized spacial score (nSPS) is 20.1. The van der Waals surface area contributed by atoms with Crippen molar-refractivity contribution in [1.29, 1.82) is 0 Å². The minimum atomic E-state index is -0.755. The van der Waals surface area contributed by atoms with E-state index >= 15 is 0 Å². The Morgan fingerprint density at radius 2 is 1.88 bits per heavy atom. The highest BCUT2D eigenvalue weighted by atomic mass is 35.5. The fraction of sp³-hybridized carbons (Fsp3) is 0.300. The molecular weight excluding hydrogens is 352 g/mol. The van der Waals surface area contributed by atoms with E-state index in [1.807, 2.05) is 42.5 Å². The van der Waals surface area contributed by atoms with Gasteiger partial charge in [0.15, 0.2) is 6.10 Å². The molecule has 1 fully saturated rings. The molecule has 1 aliphatic rings. The lowest BCUT2D eigenvalue weighted by molar-refractivity contribution is -0.162. The van der Waals surface area contributed by atoms with E-state index < -0.39 is 12.1 Å². The van der Waals surface area contributed by atoms with Crippen LogP contribution in [-0.4, -0.2) is 43.0 Å². The van der Waals surface area contributed by atoms with E-state index in [0.717, 1.165) is 17.5 Å². The molecule has 1 N–H and O–H groups in total. The Morgan fingerprint density at radius 1 is 1.19 bits per heavy atom. The Morgan fingerprint density at radius 3 is 2.58 bits per heavy atom.